The third-order valence-electron chi connectivity index (χ3n) is 2.89. The predicted octanol–water partition coefficient (Wildman–Crippen LogP) is 4.19. The van der Waals surface area contributed by atoms with E-state index in [2.05, 4.69) is 38.4 Å². The summed E-state index contributed by atoms with van der Waals surface area (Å²) in [5.74, 6) is 0. The van der Waals surface area contributed by atoms with Gasteiger partial charge in [-0.1, -0.05) is 34.1 Å². The fourth-order valence-electron chi connectivity index (χ4n) is 2.13. The van der Waals surface area contributed by atoms with Crippen LogP contribution in [-0.4, -0.2) is 12.0 Å². The van der Waals surface area contributed by atoms with Gasteiger partial charge in [0.15, 0.2) is 0 Å². The number of pyridine rings is 1. The van der Waals surface area contributed by atoms with E-state index in [0.29, 0.717) is 0 Å². The van der Waals surface area contributed by atoms with Gasteiger partial charge in [-0.15, -0.1) is 0 Å². The molecular weight excluding hydrogens is 276 g/mol. The van der Waals surface area contributed by atoms with Crippen LogP contribution in [0.1, 0.15) is 0 Å². The second-order valence-electron chi connectivity index (χ2n) is 3.92. The summed E-state index contributed by atoms with van der Waals surface area (Å²) in [7, 11) is 1.95. The Morgan fingerprint density at radius 3 is 2.59 bits per heavy atom. The molecule has 3 rings (SSSR count). The molecule has 0 atom stereocenters. The summed E-state index contributed by atoms with van der Waals surface area (Å²) >= 11 is 3.50. The van der Waals surface area contributed by atoms with E-state index in [9.17, 15) is 0 Å². The van der Waals surface area contributed by atoms with Gasteiger partial charge in [-0.05, 0) is 24.3 Å². The molecule has 2 nitrogen and oxygen atoms in total. The lowest BCUT2D eigenvalue weighted by Crippen LogP contribution is -1.93. The van der Waals surface area contributed by atoms with E-state index in [1.807, 2.05) is 37.4 Å². The zero-order chi connectivity index (χ0) is 11.8. The van der Waals surface area contributed by atoms with E-state index < -0.39 is 0 Å². The maximum Gasteiger partial charge on any atom is 0.0731 e. The topological polar surface area (TPSA) is 24.9 Å². The Balaban J connectivity index is 2.54. The monoisotopic (exact) mass is 286 g/mol. The maximum absolute atomic E-state index is 4.67. The van der Waals surface area contributed by atoms with Gasteiger partial charge in [-0.2, -0.15) is 0 Å². The molecule has 1 heterocycles. The van der Waals surface area contributed by atoms with Crippen molar-refractivity contribution in [3.63, 3.8) is 0 Å². The molecule has 0 aliphatic rings. The van der Waals surface area contributed by atoms with E-state index in [-0.39, 0.29) is 0 Å². The molecule has 0 saturated carbocycles. The molecule has 0 aliphatic heterocycles. The Labute approximate surface area is 108 Å². The molecule has 0 bridgehead atoms. The molecule has 0 radical (unpaired) electrons. The van der Waals surface area contributed by atoms with Crippen molar-refractivity contribution < 1.29 is 0 Å². The quantitative estimate of drug-likeness (QED) is 0.679. The first-order chi connectivity index (χ1) is 8.29. The number of rotatable bonds is 1. The van der Waals surface area contributed by atoms with Gasteiger partial charge in [-0.3, -0.25) is 0 Å². The molecule has 0 amide bonds. The first kappa shape index (κ1) is 10.5. The number of aromatic nitrogens is 1. The average Bonchev–Trinajstić information content (AvgIpc) is 2.36. The highest BCUT2D eigenvalue weighted by atomic mass is 79.9. The molecule has 0 aliphatic carbocycles. The molecule has 0 unspecified atom stereocenters. The van der Waals surface area contributed by atoms with Crippen molar-refractivity contribution >= 4 is 43.4 Å². The van der Waals surface area contributed by atoms with Gasteiger partial charge in [0, 0.05) is 22.3 Å². The number of hydrogen-bond acceptors (Lipinski definition) is 2. The van der Waals surface area contributed by atoms with Crippen LogP contribution in [0, 0.1) is 0 Å². The van der Waals surface area contributed by atoms with Crippen LogP contribution in [0.4, 0.5) is 5.69 Å². The number of benzene rings is 2. The summed E-state index contributed by atoms with van der Waals surface area (Å²) < 4.78 is 1.07. The minimum absolute atomic E-state index is 1.01. The van der Waals surface area contributed by atoms with Crippen molar-refractivity contribution in [3.8, 4) is 0 Å². The van der Waals surface area contributed by atoms with Gasteiger partial charge in [-0.25, -0.2) is 4.98 Å². The van der Waals surface area contributed by atoms with Crippen molar-refractivity contribution in [2.24, 2.45) is 0 Å². The van der Waals surface area contributed by atoms with E-state index in [1.54, 1.807) is 0 Å². The maximum atomic E-state index is 4.67. The van der Waals surface area contributed by atoms with Crippen molar-refractivity contribution in [2.45, 2.75) is 0 Å². The largest absolute Gasteiger partial charge is 0.387 e. The highest BCUT2D eigenvalue weighted by Gasteiger charge is 2.07. The number of para-hydroxylation sites is 1. The fourth-order valence-corrected chi connectivity index (χ4v) is 2.49. The molecule has 17 heavy (non-hydrogen) atoms. The van der Waals surface area contributed by atoms with Crippen molar-refractivity contribution in [1.29, 1.82) is 0 Å². The average molecular weight is 287 g/mol. The van der Waals surface area contributed by atoms with Gasteiger partial charge in [0.05, 0.1) is 16.7 Å². The third kappa shape index (κ3) is 1.67. The lowest BCUT2D eigenvalue weighted by molar-refractivity contribution is 1.47. The highest BCUT2D eigenvalue weighted by Crippen LogP contribution is 2.31. The normalized spacial score (nSPS) is 10.9. The predicted molar refractivity (Wildman–Crippen MR) is 76.5 cm³/mol. The van der Waals surface area contributed by atoms with Crippen LogP contribution in [0.2, 0.25) is 0 Å². The van der Waals surface area contributed by atoms with Gasteiger partial charge >= 0.3 is 0 Å². The van der Waals surface area contributed by atoms with E-state index in [4.69, 9.17) is 0 Å². The summed E-state index contributed by atoms with van der Waals surface area (Å²) in [5.41, 5.74) is 3.16. The number of fused-ring (bicyclic) bond motifs is 2. The second kappa shape index (κ2) is 4.00. The molecular formula is C14H11BrN2. The third-order valence-corrected chi connectivity index (χ3v) is 3.39. The molecule has 2 aromatic carbocycles. The van der Waals surface area contributed by atoms with Crippen molar-refractivity contribution in [2.75, 3.05) is 12.4 Å². The van der Waals surface area contributed by atoms with E-state index in [1.165, 1.54) is 0 Å². The van der Waals surface area contributed by atoms with Crippen LogP contribution in [-0.2, 0) is 0 Å². The smallest absolute Gasteiger partial charge is 0.0731 e. The van der Waals surface area contributed by atoms with E-state index >= 15 is 0 Å². The fraction of sp³-hybridized carbons (Fsp3) is 0.0714. The van der Waals surface area contributed by atoms with Crippen LogP contribution in [0.3, 0.4) is 0 Å². The number of hydrogen-bond donors (Lipinski definition) is 1. The standard InChI is InChI=1S/C14H11BrN2/c1-16-14-10-4-2-3-5-12(10)17-13-7-6-9(15)8-11(13)14/h2-8H,1H3,(H,16,17). The summed E-state index contributed by atoms with van der Waals surface area (Å²) in [6, 6.07) is 14.3. The summed E-state index contributed by atoms with van der Waals surface area (Å²) in [4.78, 5) is 4.67. The Morgan fingerprint density at radius 2 is 1.76 bits per heavy atom. The van der Waals surface area contributed by atoms with Gasteiger partial charge in [0.2, 0.25) is 0 Å². The van der Waals surface area contributed by atoms with Gasteiger partial charge in [0.1, 0.15) is 0 Å². The lowest BCUT2D eigenvalue weighted by atomic mass is 10.1. The molecule has 0 fully saturated rings. The van der Waals surface area contributed by atoms with Crippen LogP contribution < -0.4 is 5.32 Å². The molecule has 3 aromatic rings. The molecule has 3 heteroatoms. The summed E-state index contributed by atoms with van der Waals surface area (Å²) in [6.45, 7) is 0. The van der Waals surface area contributed by atoms with Crippen LogP contribution in [0.15, 0.2) is 46.9 Å². The van der Waals surface area contributed by atoms with Gasteiger partial charge < -0.3 is 5.32 Å². The zero-order valence-electron chi connectivity index (χ0n) is 9.37. The van der Waals surface area contributed by atoms with Crippen molar-refractivity contribution in [3.05, 3.63) is 46.9 Å². The lowest BCUT2D eigenvalue weighted by Gasteiger charge is -2.10. The first-order valence-electron chi connectivity index (χ1n) is 5.45. The number of halogens is 1. The summed E-state index contributed by atoms with van der Waals surface area (Å²) in [5, 5.41) is 5.57. The van der Waals surface area contributed by atoms with E-state index in [0.717, 1.165) is 32.0 Å². The summed E-state index contributed by atoms with van der Waals surface area (Å²) in [6.07, 6.45) is 0. The Hall–Kier alpha value is -1.61. The van der Waals surface area contributed by atoms with Crippen molar-refractivity contribution in [1.82, 2.24) is 4.98 Å². The second-order valence-corrected chi connectivity index (χ2v) is 4.83. The number of nitrogens with one attached hydrogen (secondary N) is 1. The van der Waals surface area contributed by atoms with Gasteiger partial charge in [0.25, 0.3) is 0 Å². The molecule has 84 valence electrons. The SMILES string of the molecule is CNc1c2ccccc2nc2ccc(Br)cc12. The van der Waals surface area contributed by atoms with Crippen LogP contribution in [0.25, 0.3) is 21.8 Å². The minimum atomic E-state index is 1.01. The molecule has 1 N–H and O–H groups in total. The Morgan fingerprint density at radius 1 is 1.00 bits per heavy atom. The number of anilines is 1. The molecule has 0 saturated heterocycles. The Kier molecular flexibility index (Phi) is 2.48. The first-order valence-corrected chi connectivity index (χ1v) is 6.24. The van der Waals surface area contributed by atoms with Crippen LogP contribution in [0.5, 0.6) is 0 Å². The zero-order valence-corrected chi connectivity index (χ0v) is 11.0. The molecule has 0 spiro atoms. The highest BCUT2D eigenvalue weighted by molar-refractivity contribution is 9.10. The Bertz CT molecular complexity index is 707. The number of nitrogens with zero attached hydrogens (tertiary/aromatic N) is 1. The molecule has 1 aromatic heterocycles. The van der Waals surface area contributed by atoms with Crippen LogP contribution >= 0.6 is 15.9 Å². The minimum Gasteiger partial charge on any atom is -0.387 e.